The van der Waals surface area contributed by atoms with Crippen LogP contribution >= 0.6 is 0 Å². The first-order valence-corrected chi connectivity index (χ1v) is 6.94. The monoisotopic (exact) mass is 287 g/mol. The zero-order chi connectivity index (χ0) is 13.8. The van der Waals surface area contributed by atoms with Crippen molar-refractivity contribution in [2.75, 3.05) is 12.4 Å². The largest absolute Gasteiger partial charge is 0.444 e. The van der Waals surface area contributed by atoms with E-state index in [2.05, 4.69) is 4.98 Å². The van der Waals surface area contributed by atoms with Crippen molar-refractivity contribution in [3.8, 4) is 11.5 Å². The summed E-state index contributed by atoms with van der Waals surface area (Å²) in [6.07, 6.45) is 1.31. The lowest BCUT2D eigenvalue weighted by Gasteiger charge is -1.97. The SMILES string of the molecule is O=S(CCO)Cc1coc(-c2ccc(F)c(F)c2)n1. The number of halogens is 2. The summed E-state index contributed by atoms with van der Waals surface area (Å²) in [5, 5.41) is 8.64. The van der Waals surface area contributed by atoms with E-state index in [0.717, 1.165) is 12.1 Å². The Morgan fingerprint density at radius 3 is 2.79 bits per heavy atom. The Morgan fingerprint density at radius 2 is 2.11 bits per heavy atom. The van der Waals surface area contributed by atoms with Gasteiger partial charge in [-0.1, -0.05) is 0 Å². The minimum absolute atomic E-state index is 0.134. The van der Waals surface area contributed by atoms with Crippen LogP contribution in [0.1, 0.15) is 5.69 Å². The van der Waals surface area contributed by atoms with Gasteiger partial charge in [0.15, 0.2) is 11.6 Å². The van der Waals surface area contributed by atoms with E-state index in [4.69, 9.17) is 9.52 Å². The Labute approximate surface area is 110 Å². The molecule has 1 heterocycles. The van der Waals surface area contributed by atoms with Gasteiger partial charge < -0.3 is 9.52 Å². The van der Waals surface area contributed by atoms with Crippen LogP contribution in [0.3, 0.4) is 0 Å². The van der Waals surface area contributed by atoms with Gasteiger partial charge in [-0.3, -0.25) is 4.21 Å². The van der Waals surface area contributed by atoms with Crippen LogP contribution in [-0.4, -0.2) is 26.7 Å². The van der Waals surface area contributed by atoms with Crippen LogP contribution in [0, 0.1) is 11.6 Å². The maximum absolute atomic E-state index is 13.1. The maximum Gasteiger partial charge on any atom is 0.226 e. The summed E-state index contributed by atoms with van der Waals surface area (Å²) in [7, 11) is -1.23. The number of nitrogens with zero attached hydrogens (tertiary/aromatic N) is 1. The first-order chi connectivity index (χ1) is 9.10. The first kappa shape index (κ1) is 13.8. The molecule has 7 heteroatoms. The van der Waals surface area contributed by atoms with Crippen LogP contribution in [0.4, 0.5) is 8.78 Å². The highest BCUT2D eigenvalue weighted by Gasteiger charge is 2.11. The molecule has 0 bridgehead atoms. The third-order valence-electron chi connectivity index (χ3n) is 2.35. The quantitative estimate of drug-likeness (QED) is 0.911. The highest BCUT2D eigenvalue weighted by molar-refractivity contribution is 7.84. The molecular formula is C12H11F2NO3S. The average Bonchev–Trinajstić information content (AvgIpc) is 2.81. The molecule has 2 aromatic rings. The second-order valence-electron chi connectivity index (χ2n) is 3.78. The zero-order valence-corrected chi connectivity index (χ0v) is 10.6. The molecule has 1 unspecified atom stereocenters. The van der Waals surface area contributed by atoms with Crippen LogP contribution in [0.25, 0.3) is 11.5 Å². The van der Waals surface area contributed by atoms with Crippen molar-refractivity contribution < 1.29 is 22.5 Å². The Balaban J connectivity index is 2.16. The predicted molar refractivity (Wildman–Crippen MR) is 65.7 cm³/mol. The minimum Gasteiger partial charge on any atom is -0.444 e. The lowest BCUT2D eigenvalue weighted by molar-refractivity contribution is 0.321. The van der Waals surface area contributed by atoms with Gasteiger partial charge in [-0.05, 0) is 18.2 Å². The number of benzene rings is 1. The fourth-order valence-electron chi connectivity index (χ4n) is 1.47. The molecule has 0 aliphatic heterocycles. The lowest BCUT2D eigenvalue weighted by Crippen LogP contribution is -2.04. The van der Waals surface area contributed by atoms with Crippen LogP contribution in [-0.2, 0) is 16.6 Å². The number of hydrogen-bond acceptors (Lipinski definition) is 4. The van der Waals surface area contributed by atoms with E-state index in [1.807, 2.05) is 0 Å². The van der Waals surface area contributed by atoms with Crippen molar-refractivity contribution in [1.82, 2.24) is 4.98 Å². The number of rotatable bonds is 5. The van der Waals surface area contributed by atoms with Crippen molar-refractivity contribution in [3.05, 3.63) is 41.8 Å². The van der Waals surface area contributed by atoms with Gasteiger partial charge in [0.1, 0.15) is 6.26 Å². The van der Waals surface area contributed by atoms with Gasteiger partial charge in [0.2, 0.25) is 5.89 Å². The molecule has 19 heavy (non-hydrogen) atoms. The maximum atomic E-state index is 13.1. The molecule has 1 aromatic carbocycles. The van der Waals surface area contributed by atoms with E-state index in [1.54, 1.807) is 0 Å². The lowest BCUT2D eigenvalue weighted by atomic mass is 10.2. The fraction of sp³-hybridized carbons (Fsp3) is 0.250. The van der Waals surface area contributed by atoms with Gasteiger partial charge in [0, 0.05) is 22.1 Å². The number of aliphatic hydroxyl groups is 1. The summed E-state index contributed by atoms with van der Waals surface area (Å²) >= 11 is 0. The van der Waals surface area contributed by atoms with Crippen molar-refractivity contribution in [3.63, 3.8) is 0 Å². The molecule has 0 radical (unpaired) electrons. The summed E-state index contributed by atoms with van der Waals surface area (Å²) in [6, 6.07) is 3.31. The van der Waals surface area contributed by atoms with Gasteiger partial charge in [-0.25, -0.2) is 13.8 Å². The Morgan fingerprint density at radius 1 is 1.32 bits per heavy atom. The molecule has 0 saturated carbocycles. The van der Waals surface area contributed by atoms with E-state index in [1.165, 1.54) is 12.3 Å². The standard InChI is InChI=1S/C12H11F2NO3S/c13-10-2-1-8(5-11(10)14)12-15-9(6-18-12)7-19(17)4-3-16/h1-2,5-6,16H,3-4,7H2. The van der Waals surface area contributed by atoms with E-state index in [9.17, 15) is 13.0 Å². The molecule has 102 valence electrons. The smallest absolute Gasteiger partial charge is 0.226 e. The molecule has 0 aliphatic rings. The Hall–Kier alpha value is -1.60. The van der Waals surface area contributed by atoms with E-state index < -0.39 is 22.4 Å². The molecule has 0 spiro atoms. The molecule has 4 nitrogen and oxygen atoms in total. The first-order valence-electron chi connectivity index (χ1n) is 5.46. The molecule has 2 rings (SSSR count). The molecule has 0 aliphatic carbocycles. The number of hydrogen-bond donors (Lipinski definition) is 1. The van der Waals surface area contributed by atoms with Gasteiger partial charge in [-0.15, -0.1) is 0 Å². The van der Waals surface area contributed by atoms with Crippen LogP contribution < -0.4 is 0 Å². The van der Waals surface area contributed by atoms with E-state index in [-0.39, 0.29) is 24.0 Å². The summed E-state index contributed by atoms with van der Waals surface area (Å²) in [4.78, 5) is 4.04. The molecule has 0 amide bonds. The molecule has 1 N–H and O–H groups in total. The van der Waals surface area contributed by atoms with Crippen molar-refractivity contribution in [2.24, 2.45) is 0 Å². The highest BCUT2D eigenvalue weighted by atomic mass is 32.2. The summed E-state index contributed by atoms with van der Waals surface area (Å²) in [5.41, 5.74) is 0.740. The van der Waals surface area contributed by atoms with E-state index in [0.29, 0.717) is 11.3 Å². The van der Waals surface area contributed by atoms with Crippen LogP contribution in [0.5, 0.6) is 0 Å². The van der Waals surface area contributed by atoms with Gasteiger partial charge in [0.05, 0.1) is 18.1 Å². The second-order valence-corrected chi connectivity index (χ2v) is 5.36. The number of oxazole rings is 1. The number of aliphatic hydroxyl groups excluding tert-OH is 1. The summed E-state index contributed by atoms with van der Waals surface area (Å²) in [5.74, 6) is -1.49. The molecule has 0 saturated heterocycles. The topological polar surface area (TPSA) is 63.3 Å². The van der Waals surface area contributed by atoms with Crippen LogP contribution in [0.15, 0.2) is 28.9 Å². The summed E-state index contributed by atoms with van der Waals surface area (Å²) < 4.78 is 42.4. The van der Waals surface area contributed by atoms with Gasteiger partial charge >= 0.3 is 0 Å². The minimum atomic E-state index is -1.23. The predicted octanol–water partition coefficient (Wildman–Crippen LogP) is 1.86. The van der Waals surface area contributed by atoms with Crippen molar-refractivity contribution in [2.45, 2.75) is 5.75 Å². The molecular weight excluding hydrogens is 276 g/mol. The zero-order valence-electron chi connectivity index (χ0n) is 9.81. The molecule has 0 fully saturated rings. The molecule has 1 aromatic heterocycles. The third-order valence-corrected chi connectivity index (χ3v) is 3.60. The Kier molecular flexibility index (Phi) is 4.39. The van der Waals surface area contributed by atoms with Gasteiger partial charge in [0.25, 0.3) is 0 Å². The summed E-state index contributed by atoms with van der Waals surface area (Å²) in [6.45, 7) is -0.166. The average molecular weight is 287 g/mol. The normalized spacial score (nSPS) is 12.6. The highest BCUT2D eigenvalue weighted by Crippen LogP contribution is 2.21. The fourth-order valence-corrected chi connectivity index (χ4v) is 2.28. The second kappa shape index (κ2) is 6.03. The Bertz CT molecular complexity index is 600. The van der Waals surface area contributed by atoms with Crippen molar-refractivity contribution >= 4 is 10.8 Å². The third kappa shape index (κ3) is 3.45. The van der Waals surface area contributed by atoms with Crippen LogP contribution in [0.2, 0.25) is 0 Å². The van der Waals surface area contributed by atoms with E-state index >= 15 is 0 Å². The number of aromatic nitrogens is 1. The molecule has 1 atom stereocenters. The van der Waals surface area contributed by atoms with Gasteiger partial charge in [-0.2, -0.15) is 0 Å². The van der Waals surface area contributed by atoms with Crippen molar-refractivity contribution in [1.29, 1.82) is 0 Å².